The second kappa shape index (κ2) is 7.80. The van der Waals surface area contributed by atoms with Crippen molar-refractivity contribution in [3.05, 3.63) is 93.0 Å². The number of hydrogen-bond donors (Lipinski definition) is 1. The minimum atomic E-state index is -0.679. The molecule has 1 amide bonds. The SMILES string of the molecule is C=CC(=O)N1CC(Cn2c(=O)c(=O)[nH]c3cc(-c4cccc5ccccc45)c(Cl)cc32)C1. The second-order valence-corrected chi connectivity index (χ2v) is 8.47. The summed E-state index contributed by atoms with van der Waals surface area (Å²) in [5.74, 6) is -0.0507. The van der Waals surface area contributed by atoms with Crippen LogP contribution in [0.1, 0.15) is 0 Å². The van der Waals surface area contributed by atoms with Gasteiger partial charge in [-0.2, -0.15) is 0 Å². The zero-order valence-electron chi connectivity index (χ0n) is 17.2. The minimum Gasteiger partial charge on any atom is -0.338 e. The maximum Gasteiger partial charge on any atom is 0.316 e. The Morgan fingerprint density at radius 1 is 1.09 bits per heavy atom. The van der Waals surface area contributed by atoms with Crippen molar-refractivity contribution in [2.24, 2.45) is 5.92 Å². The zero-order valence-corrected chi connectivity index (χ0v) is 17.9. The molecule has 0 radical (unpaired) electrons. The summed E-state index contributed by atoms with van der Waals surface area (Å²) in [6, 6.07) is 17.6. The number of rotatable bonds is 4. The Labute approximate surface area is 188 Å². The molecule has 6 nitrogen and oxygen atoms in total. The van der Waals surface area contributed by atoms with Crippen molar-refractivity contribution in [2.45, 2.75) is 6.54 Å². The molecule has 0 spiro atoms. The van der Waals surface area contributed by atoms with Gasteiger partial charge in [0, 0.05) is 31.1 Å². The number of aromatic nitrogens is 2. The number of carbonyl (C=O) groups excluding carboxylic acids is 1. The van der Waals surface area contributed by atoms with E-state index in [-0.39, 0.29) is 11.8 Å². The first-order valence-corrected chi connectivity index (χ1v) is 10.7. The molecule has 7 heteroatoms. The van der Waals surface area contributed by atoms with Gasteiger partial charge in [-0.15, -0.1) is 0 Å². The molecular formula is C25H20ClN3O3. The number of fused-ring (bicyclic) bond motifs is 2. The third-order valence-corrected chi connectivity index (χ3v) is 6.34. The van der Waals surface area contributed by atoms with Gasteiger partial charge in [-0.1, -0.05) is 60.6 Å². The molecule has 1 aliphatic rings. The van der Waals surface area contributed by atoms with Gasteiger partial charge in [0.15, 0.2) is 0 Å². The summed E-state index contributed by atoms with van der Waals surface area (Å²) in [6.07, 6.45) is 1.28. The van der Waals surface area contributed by atoms with E-state index in [9.17, 15) is 14.4 Å². The van der Waals surface area contributed by atoms with E-state index >= 15 is 0 Å². The number of halogens is 1. The highest BCUT2D eigenvalue weighted by Gasteiger charge is 2.30. The fraction of sp³-hybridized carbons (Fsp3) is 0.160. The largest absolute Gasteiger partial charge is 0.338 e. The first-order chi connectivity index (χ1) is 15.5. The molecule has 1 aliphatic heterocycles. The van der Waals surface area contributed by atoms with Crippen LogP contribution in [0.4, 0.5) is 0 Å². The summed E-state index contributed by atoms with van der Waals surface area (Å²) < 4.78 is 1.47. The van der Waals surface area contributed by atoms with Gasteiger partial charge in [0.2, 0.25) is 5.91 Å². The first kappa shape index (κ1) is 20.3. The summed E-state index contributed by atoms with van der Waals surface area (Å²) in [4.78, 5) is 41.1. The Morgan fingerprint density at radius 3 is 2.62 bits per heavy atom. The van der Waals surface area contributed by atoms with E-state index in [0.29, 0.717) is 35.7 Å². The van der Waals surface area contributed by atoms with E-state index in [2.05, 4.69) is 11.6 Å². The van der Waals surface area contributed by atoms with Crippen molar-refractivity contribution in [1.29, 1.82) is 0 Å². The van der Waals surface area contributed by atoms with Crippen LogP contribution in [0.5, 0.6) is 0 Å². The molecule has 160 valence electrons. The number of nitrogens with zero attached hydrogens (tertiary/aromatic N) is 2. The Bertz CT molecular complexity index is 1510. The lowest BCUT2D eigenvalue weighted by Crippen LogP contribution is -2.52. The lowest BCUT2D eigenvalue weighted by atomic mass is 9.97. The summed E-state index contributed by atoms with van der Waals surface area (Å²) in [7, 11) is 0. The molecule has 0 unspecified atom stereocenters. The normalized spacial score (nSPS) is 14.0. The number of amides is 1. The van der Waals surface area contributed by atoms with Gasteiger partial charge in [0.05, 0.1) is 16.1 Å². The van der Waals surface area contributed by atoms with Crippen LogP contribution in [-0.2, 0) is 11.3 Å². The third-order valence-electron chi connectivity index (χ3n) is 6.03. The molecule has 1 saturated heterocycles. The quantitative estimate of drug-likeness (QED) is 0.383. The van der Waals surface area contributed by atoms with E-state index in [1.807, 2.05) is 48.5 Å². The molecule has 0 saturated carbocycles. The van der Waals surface area contributed by atoms with Gasteiger partial charge in [0.1, 0.15) is 0 Å². The summed E-state index contributed by atoms with van der Waals surface area (Å²) >= 11 is 6.70. The van der Waals surface area contributed by atoms with E-state index in [1.54, 1.807) is 11.0 Å². The van der Waals surface area contributed by atoms with Gasteiger partial charge in [-0.25, -0.2) is 0 Å². The summed E-state index contributed by atoms with van der Waals surface area (Å²) in [5.41, 5.74) is 1.54. The predicted octanol–water partition coefficient (Wildman–Crippen LogP) is 3.81. The Kier molecular flexibility index (Phi) is 4.94. The monoisotopic (exact) mass is 445 g/mol. The number of carbonyl (C=O) groups is 1. The van der Waals surface area contributed by atoms with Crippen LogP contribution in [-0.4, -0.2) is 33.4 Å². The Hall–Kier alpha value is -3.64. The molecule has 1 N–H and O–H groups in total. The average molecular weight is 446 g/mol. The van der Waals surface area contributed by atoms with Crippen molar-refractivity contribution in [1.82, 2.24) is 14.5 Å². The fourth-order valence-electron chi connectivity index (χ4n) is 4.39. The van der Waals surface area contributed by atoms with Crippen LogP contribution < -0.4 is 11.1 Å². The van der Waals surface area contributed by atoms with E-state index < -0.39 is 11.1 Å². The van der Waals surface area contributed by atoms with Crippen LogP contribution in [0, 0.1) is 5.92 Å². The first-order valence-electron chi connectivity index (χ1n) is 10.3. The number of benzene rings is 3. The molecule has 1 aromatic heterocycles. The number of H-pyrrole nitrogens is 1. The standard InChI is InChI=1S/C25H20ClN3O3/c1-2-23(30)28-12-15(13-28)14-29-22-11-20(26)19(10-21(22)27-24(31)25(29)32)18-9-5-7-16-6-3-4-8-17(16)18/h2-11,15H,1,12-14H2,(H,27,31). The molecular weight excluding hydrogens is 426 g/mol. The molecule has 5 rings (SSSR count). The molecule has 1 fully saturated rings. The van der Waals surface area contributed by atoms with Gasteiger partial charge in [-0.3, -0.25) is 14.4 Å². The van der Waals surface area contributed by atoms with Crippen molar-refractivity contribution < 1.29 is 4.79 Å². The minimum absolute atomic E-state index is 0.0816. The van der Waals surface area contributed by atoms with Crippen molar-refractivity contribution >= 4 is 39.3 Å². The van der Waals surface area contributed by atoms with Crippen LogP contribution >= 0.6 is 11.6 Å². The maximum absolute atomic E-state index is 12.7. The van der Waals surface area contributed by atoms with Gasteiger partial charge in [-0.05, 0) is 34.5 Å². The van der Waals surface area contributed by atoms with Crippen LogP contribution in [0.15, 0.2) is 76.8 Å². The molecule has 32 heavy (non-hydrogen) atoms. The third kappa shape index (κ3) is 3.33. The molecule has 4 aromatic rings. The van der Waals surface area contributed by atoms with Crippen LogP contribution in [0.25, 0.3) is 32.9 Å². The summed E-state index contributed by atoms with van der Waals surface area (Å²) in [5, 5.41) is 2.63. The van der Waals surface area contributed by atoms with E-state index in [4.69, 9.17) is 11.6 Å². The van der Waals surface area contributed by atoms with Crippen molar-refractivity contribution in [2.75, 3.05) is 13.1 Å². The van der Waals surface area contributed by atoms with Crippen LogP contribution in [0.2, 0.25) is 5.02 Å². The van der Waals surface area contributed by atoms with Gasteiger partial charge in [0.25, 0.3) is 0 Å². The Morgan fingerprint density at radius 2 is 1.84 bits per heavy atom. The smallest absolute Gasteiger partial charge is 0.316 e. The molecule has 2 heterocycles. The molecule has 0 bridgehead atoms. The maximum atomic E-state index is 12.7. The van der Waals surface area contributed by atoms with Crippen molar-refractivity contribution in [3.8, 4) is 11.1 Å². The molecule has 0 aliphatic carbocycles. The van der Waals surface area contributed by atoms with Gasteiger partial charge >= 0.3 is 11.1 Å². The highest BCUT2D eigenvalue weighted by molar-refractivity contribution is 6.34. The van der Waals surface area contributed by atoms with Crippen LogP contribution in [0.3, 0.4) is 0 Å². The lowest BCUT2D eigenvalue weighted by Gasteiger charge is -2.39. The topological polar surface area (TPSA) is 75.2 Å². The second-order valence-electron chi connectivity index (χ2n) is 8.06. The van der Waals surface area contributed by atoms with Crippen molar-refractivity contribution in [3.63, 3.8) is 0 Å². The lowest BCUT2D eigenvalue weighted by molar-refractivity contribution is -0.132. The number of hydrogen-bond acceptors (Lipinski definition) is 3. The molecule has 0 atom stereocenters. The van der Waals surface area contributed by atoms with Gasteiger partial charge < -0.3 is 14.5 Å². The highest BCUT2D eigenvalue weighted by Crippen LogP contribution is 2.35. The highest BCUT2D eigenvalue weighted by atomic mass is 35.5. The zero-order chi connectivity index (χ0) is 22.4. The number of likely N-dealkylation sites (tertiary alicyclic amines) is 1. The van der Waals surface area contributed by atoms with E-state index in [1.165, 1.54) is 10.6 Å². The Balaban J connectivity index is 1.60. The van der Waals surface area contributed by atoms with E-state index in [0.717, 1.165) is 21.9 Å². The fourth-order valence-corrected chi connectivity index (χ4v) is 4.65. The number of aromatic amines is 1. The molecule has 3 aromatic carbocycles. The number of nitrogens with one attached hydrogen (secondary N) is 1. The average Bonchev–Trinajstić information content (AvgIpc) is 2.77. The summed E-state index contributed by atoms with van der Waals surface area (Å²) in [6.45, 7) is 4.87. The predicted molar refractivity (Wildman–Crippen MR) is 127 cm³/mol.